The third-order valence-electron chi connectivity index (χ3n) is 2.78. The molecule has 0 atom stereocenters. The summed E-state index contributed by atoms with van der Waals surface area (Å²) in [5, 5.41) is 0. The van der Waals surface area contributed by atoms with Gasteiger partial charge in [-0.15, -0.1) is 0 Å². The maximum absolute atomic E-state index is 4.46. The van der Waals surface area contributed by atoms with E-state index in [9.17, 15) is 0 Å². The van der Waals surface area contributed by atoms with Gasteiger partial charge in [0, 0.05) is 24.2 Å². The van der Waals surface area contributed by atoms with Crippen LogP contribution in [0, 0.1) is 6.92 Å². The first-order valence-electron chi connectivity index (χ1n) is 5.33. The zero-order chi connectivity index (χ0) is 11.0. The minimum atomic E-state index is 1.03. The van der Waals surface area contributed by atoms with Gasteiger partial charge in [-0.2, -0.15) is 0 Å². The first-order valence-corrected chi connectivity index (χ1v) is 5.33. The number of fused-ring (bicyclic) bond motifs is 1. The molecule has 0 bridgehead atoms. The highest BCUT2D eigenvalue weighted by Crippen LogP contribution is 2.22. The van der Waals surface area contributed by atoms with Gasteiger partial charge in [0.05, 0.1) is 11.2 Å². The van der Waals surface area contributed by atoms with Crippen LogP contribution < -0.4 is 0 Å². The summed E-state index contributed by atoms with van der Waals surface area (Å²) in [6.07, 6.45) is 5.84. The van der Waals surface area contributed by atoms with Gasteiger partial charge in [0.15, 0.2) is 0 Å². The molecule has 0 saturated carbocycles. The van der Waals surface area contributed by atoms with Gasteiger partial charge in [-0.1, -0.05) is 29.8 Å². The molecule has 0 aliphatic heterocycles. The van der Waals surface area contributed by atoms with Crippen LogP contribution in [0.25, 0.3) is 16.8 Å². The number of benzene rings is 1. The van der Waals surface area contributed by atoms with Crippen LogP contribution >= 0.6 is 0 Å². The number of hydrogen-bond acceptors (Lipinski definition) is 1. The molecule has 0 N–H and O–H groups in total. The predicted octanol–water partition coefficient (Wildman–Crippen LogP) is 3.31. The maximum Gasteiger partial charge on any atom is 0.0942 e. The minimum Gasteiger partial charge on any atom is -0.320 e. The molecule has 0 aliphatic carbocycles. The van der Waals surface area contributed by atoms with E-state index in [1.54, 1.807) is 0 Å². The van der Waals surface area contributed by atoms with E-state index in [0.29, 0.717) is 0 Å². The molecule has 0 saturated heterocycles. The summed E-state index contributed by atoms with van der Waals surface area (Å²) < 4.78 is 2.09. The smallest absolute Gasteiger partial charge is 0.0942 e. The average molecular weight is 208 g/mol. The highest BCUT2D eigenvalue weighted by molar-refractivity contribution is 5.76. The normalized spacial score (nSPS) is 10.8. The molecule has 2 nitrogen and oxygen atoms in total. The third kappa shape index (κ3) is 1.39. The van der Waals surface area contributed by atoms with Crippen molar-refractivity contribution >= 4 is 5.52 Å². The van der Waals surface area contributed by atoms with Gasteiger partial charge in [0.25, 0.3) is 0 Å². The first kappa shape index (κ1) is 9.16. The van der Waals surface area contributed by atoms with Gasteiger partial charge in [-0.25, -0.2) is 0 Å². The first-order chi connectivity index (χ1) is 7.84. The number of hydrogen-bond donors (Lipinski definition) is 0. The van der Waals surface area contributed by atoms with Crippen LogP contribution in [0.15, 0.2) is 55.0 Å². The molecule has 0 aliphatic rings. The topological polar surface area (TPSA) is 17.3 Å². The van der Waals surface area contributed by atoms with Crippen molar-refractivity contribution in [3.05, 3.63) is 60.6 Å². The molecule has 1 aromatic carbocycles. The summed E-state index contributed by atoms with van der Waals surface area (Å²) >= 11 is 0. The van der Waals surface area contributed by atoms with E-state index in [0.717, 1.165) is 16.8 Å². The van der Waals surface area contributed by atoms with Crippen molar-refractivity contribution in [1.82, 2.24) is 9.38 Å². The Morgan fingerprint density at radius 2 is 1.81 bits per heavy atom. The lowest BCUT2D eigenvalue weighted by Crippen LogP contribution is -1.89. The fraction of sp³-hybridized carbons (Fsp3) is 0.0714. The second-order valence-electron chi connectivity index (χ2n) is 3.94. The number of nitrogens with zero attached hydrogens (tertiary/aromatic N) is 2. The van der Waals surface area contributed by atoms with Crippen molar-refractivity contribution in [1.29, 1.82) is 0 Å². The number of rotatable bonds is 1. The van der Waals surface area contributed by atoms with Crippen molar-refractivity contribution in [3.63, 3.8) is 0 Å². The number of aromatic nitrogens is 2. The summed E-state index contributed by atoms with van der Waals surface area (Å²) in [6, 6.07) is 12.6. The van der Waals surface area contributed by atoms with Crippen LogP contribution in [-0.2, 0) is 0 Å². The van der Waals surface area contributed by atoms with E-state index >= 15 is 0 Å². The molecule has 16 heavy (non-hydrogen) atoms. The van der Waals surface area contributed by atoms with Gasteiger partial charge in [0.1, 0.15) is 0 Å². The Bertz CT molecular complexity index is 621. The molecule has 0 unspecified atom stereocenters. The SMILES string of the molecule is Cc1ccc(-c2nccn3cccc23)cc1. The summed E-state index contributed by atoms with van der Waals surface area (Å²) in [5.74, 6) is 0. The lowest BCUT2D eigenvalue weighted by molar-refractivity contribution is 1.14. The van der Waals surface area contributed by atoms with Crippen LogP contribution in [0.1, 0.15) is 5.56 Å². The number of aryl methyl sites for hydroxylation is 1. The lowest BCUT2D eigenvalue weighted by atomic mass is 10.1. The van der Waals surface area contributed by atoms with Crippen molar-refractivity contribution in [2.45, 2.75) is 6.92 Å². The molecule has 2 aromatic heterocycles. The van der Waals surface area contributed by atoms with E-state index < -0.39 is 0 Å². The van der Waals surface area contributed by atoms with Crippen LogP contribution in [0.5, 0.6) is 0 Å². The van der Waals surface area contributed by atoms with Gasteiger partial charge < -0.3 is 4.40 Å². The predicted molar refractivity (Wildman–Crippen MR) is 65.4 cm³/mol. The molecule has 0 radical (unpaired) electrons. The minimum absolute atomic E-state index is 1.03. The van der Waals surface area contributed by atoms with E-state index in [1.165, 1.54) is 5.56 Å². The zero-order valence-corrected chi connectivity index (χ0v) is 9.09. The monoisotopic (exact) mass is 208 g/mol. The van der Waals surface area contributed by atoms with Gasteiger partial charge in [-0.05, 0) is 19.1 Å². The van der Waals surface area contributed by atoms with Crippen molar-refractivity contribution in [2.24, 2.45) is 0 Å². The van der Waals surface area contributed by atoms with Crippen LogP contribution in [0.2, 0.25) is 0 Å². The molecule has 0 amide bonds. The average Bonchev–Trinajstić information content (AvgIpc) is 2.78. The Hall–Kier alpha value is -2.09. The van der Waals surface area contributed by atoms with E-state index in [1.807, 2.05) is 24.7 Å². The van der Waals surface area contributed by atoms with E-state index in [4.69, 9.17) is 0 Å². The second kappa shape index (κ2) is 3.49. The molecule has 78 valence electrons. The molecular weight excluding hydrogens is 196 g/mol. The lowest BCUT2D eigenvalue weighted by Gasteiger charge is -2.04. The zero-order valence-electron chi connectivity index (χ0n) is 9.09. The summed E-state index contributed by atoms with van der Waals surface area (Å²) in [6.45, 7) is 2.09. The Kier molecular flexibility index (Phi) is 2.00. The second-order valence-corrected chi connectivity index (χ2v) is 3.94. The van der Waals surface area contributed by atoms with Gasteiger partial charge in [0.2, 0.25) is 0 Å². The highest BCUT2D eigenvalue weighted by Gasteiger charge is 2.04. The summed E-state index contributed by atoms with van der Waals surface area (Å²) in [4.78, 5) is 4.46. The van der Waals surface area contributed by atoms with E-state index in [2.05, 4.69) is 46.6 Å². The molecule has 0 spiro atoms. The Labute approximate surface area is 94.2 Å². The Morgan fingerprint density at radius 3 is 2.62 bits per heavy atom. The Balaban J connectivity index is 2.25. The van der Waals surface area contributed by atoms with Crippen molar-refractivity contribution < 1.29 is 0 Å². The third-order valence-corrected chi connectivity index (χ3v) is 2.78. The highest BCUT2D eigenvalue weighted by atomic mass is 14.9. The molecule has 0 fully saturated rings. The van der Waals surface area contributed by atoms with Crippen LogP contribution in [0.3, 0.4) is 0 Å². The van der Waals surface area contributed by atoms with Gasteiger partial charge >= 0.3 is 0 Å². The molecule has 2 heterocycles. The van der Waals surface area contributed by atoms with Crippen molar-refractivity contribution in [2.75, 3.05) is 0 Å². The van der Waals surface area contributed by atoms with Gasteiger partial charge in [-0.3, -0.25) is 4.98 Å². The fourth-order valence-corrected chi connectivity index (χ4v) is 1.90. The largest absolute Gasteiger partial charge is 0.320 e. The van der Waals surface area contributed by atoms with Crippen LogP contribution in [0.4, 0.5) is 0 Å². The molecule has 3 aromatic rings. The molecule has 2 heteroatoms. The quantitative estimate of drug-likeness (QED) is 0.599. The Morgan fingerprint density at radius 1 is 1.00 bits per heavy atom. The van der Waals surface area contributed by atoms with Crippen LogP contribution in [-0.4, -0.2) is 9.38 Å². The van der Waals surface area contributed by atoms with Crippen molar-refractivity contribution in [3.8, 4) is 11.3 Å². The fourth-order valence-electron chi connectivity index (χ4n) is 1.90. The standard InChI is InChI=1S/C14H12N2/c1-11-4-6-12(7-5-11)14-13-3-2-9-16(13)10-8-15-14/h2-10H,1H3. The summed E-state index contributed by atoms with van der Waals surface area (Å²) in [7, 11) is 0. The van der Waals surface area contributed by atoms with E-state index in [-0.39, 0.29) is 0 Å². The molecule has 3 rings (SSSR count). The molecular formula is C14H12N2. The summed E-state index contributed by atoms with van der Waals surface area (Å²) in [5.41, 5.74) is 4.61. The maximum atomic E-state index is 4.46.